The molecule has 2 rings (SSSR count). The summed E-state index contributed by atoms with van der Waals surface area (Å²) in [5.41, 5.74) is 0. The van der Waals surface area contributed by atoms with Gasteiger partial charge in [-0.3, -0.25) is 0 Å². The van der Waals surface area contributed by atoms with Crippen molar-refractivity contribution in [2.24, 2.45) is 0 Å². The number of likely N-dealkylation sites (N-methyl/N-ethyl adjacent to an activating group) is 1. The number of hydrogen-bond acceptors (Lipinski definition) is 7. The van der Waals surface area contributed by atoms with Crippen molar-refractivity contribution >= 4 is 19.9 Å². The highest BCUT2D eigenvalue weighted by atomic mass is 32.2. The number of unbranched alkanes of at least 4 members (excludes halogenated alkanes) is 1. The number of ether oxygens (including phenoxy) is 1. The molecule has 29 heavy (non-hydrogen) atoms. The van der Waals surface area contributed by atoms with Crippen molar-refractivity contribution in [1.82, 2.24) is 14.5 Å². The van der Waals surface area contributed by atoms with Crippen molar-refractivity contribution < 1.29 is 21.6 Å². The van der Waals surface area contributed by atoms with Crippen molar-refractivity contribution in [2.75, 3.05) is 64.4 Å². The summed E-state index contributed by atoms with van der Waals surface area (Å²) in [5.74, 6) is 0.468. The van der Waals surface area contributed by atoms with Gasteiger partial charge in [-0.05, 0) is 50.7 Å². The quantitative estimate of drug-likeness (QED) is 0.474. The van der Waals surface area contributed by atoms with E-state index in [1.807, 2.05) is 0 Å². The molecule has 1 aromatic rings. The summed E-state index contributed by atoms with van der Waals surface area (Å²) in [5, 5.41) is 0. The number of hydrogen-bond donors (Lipinski definition) is 1. The van der Waals surface area contributed by atoms with Gasteiger partial charge in [-0.15, -0.1) is 0 Å². The van der Waals surface area contributed by atoms with E-state index in [9.17, 15) is 16.8 Å². The third kappa shape index (κ3) is 8.59. The first kappa shape index (κ1) is 24.1. The van der Waals surface area contributed by atoms with E-state index in [1.54, 1.807) is 19.1 Å². The van der Waals surface area contributed by atoms with Gasteiger partial charge in [0.1, 0.15) is 12.4 Å². The normalized spacial score (nSPS) is 16.8. The molecule has 1 N–H and O–H groups in total. The van der Waals surface area contributed by atoms with E-state index in [-0.39, 0.29) is 23.0 Å². The number of rotatable bonds is 12. The summed E-state index contributed by atoms with van der Waals surface area (Å²) in [7, 11) is -4.51. The molecule has 8 nitrogen and oxygen atoms in total. The zero-order valence-corrected chi connectivity index (χ0v) is 19.0. The topological polar surface area (TPSA) is 96.0 Å². The Kier molecular flexibility index (Phi) is 9.35. The second-order valence-electron chi connectivity index (χ2n) is 7.31. The zero-order chi connectivity index (χ0) is 21.3. The molecule has 1 heterocycles. The van der Waals surface area contributed by atoms with Crippen LogP contribution < -0.4 is 9.46 Å². The Bertz CT molecular complexity index is 818. The molecule has 0 unspecified atom stereocenters. The molecule has 0 spiro atoms. The number of nitrogens with one attached hydrogen (secondary N) is 1. The Labute approximate surface area is 175 Å². The summed E-state index contributed by atoms with van der Waals surface area (Å²) in [4.78, 5) is 4.90. The van der Waals surface area contributed by atoms with E-state index in [2.05, 4.69) is 21.6 Å². The van der Waals surface area contributed by atoms with E-state index in [4.69, 9.17) is 4.74 Å². The number of sulfonamides is 1. The van der Waals surface area contributed by atoms with Crippen LogP contribution in [0.15, 0.2) is 29.2 Å². The molecular weight excluding hydrogens is 414 g/mol. The summed E-state index contributed by atoms with van der Waals surface area (Å²) in [6.45, 7) is 7.35. The van der Waals surface area contributed by atoms with Gasteiger partial charge < -0.3 is 14.5 Å². The minimum Gasteiger partial charge on any atom is -0.493 e. The van der Waals surface area contributed by atoms with Crippen LogP contribution in [0.4, 0.5) is 0 Å². The largest absolute Gasteiger partial charge is 0.493 e. The third-order valence-corrected chi connectivity index (χ3v) is 8.17. The SMILES string of the molecule is CCS(=O)(=O)CCOc1ccc(S(=O)(=O)NCCCCN2CCN(C)CC2)cc1. The van der Waals surface area contributed by atoms with Gasteiger partial charge in [-0.1, -0.05) is 6.92 Å². The van der Waals surface area contributed by atoms with E-state index in [0.717, 1.165) is 45.6 Å². The molecule has 1 aliphatic heterocycles. The average Bonchev–Trinajstić information content (AvgIpc) is 2.69. The molecule has 0 aromatic heterocycles. The Morgan fingerprint density at radius 3 is 2.28 bits per heavy atom. The van der Waals surface area contributed by atoms with Crippen molar-refractivity contribution in [3.05, 3.63) is 24.3 Å². The lowest BCUT2D eigenvalue weighted by Crippen LogP contribution is -2.44. The second kappa shape index (κ2) is 11.3. The van der Waals surface area contributed by atoms with E-state index in [1.165, 1.54) is 12.1 Å². The van der Waals surface area contributed by atoms with Crippen molar-refractivity contribution in [3.8, 4) is 5.75 Å². The Balaban J connectivity index is 1.70. The van der Waals surface area contributed by atoms with Gasteiger partial charge >= 0.3 is 0 Å². The van der Waals surface area contributed by atoms with Gasteiger partial charge in [0.15, 0.2) is 9.84 Å². The second-order valence-corrected chi connectivity index (χ2v) is 11.5. The molecule has 0 aliphatic carbocycles. The van der Waals surface area contributed by atoms with Crippen LogP contribution in [0.25, 0.3) is 0 Å². The van der Waals surface area contributed by atoms with Crippen molar-refractivity contribution in [3.63, 3.8) is 0 Å². The lowest BCUT2D eigenvalue weighted by molar-refractivity contribution is 0.152. The van der Waals surface area contributed by atoms with E-state index < -0.39 is 19.9 Å². The van der Waals surface area contributed by atoms with Gasteiger partial charge in [0.2, 0.25) is 10.0 Å². The van der Waals surface area contributed by atoms with Crippen molar-refractivity contribution in [2.45, 2.75) is 24.7 Å². The van der Waals surface area contributed by atoms with E-state index in [0.29, 0.717) is 12.3 Å². The molecule has 166 valence electrons. The fourth-order valence-corrected chi connectivity index (χ4v) is 4.67. The molecule has 1 saturated heterocycles. The first-order chi connectivity index (χ1) is 13.7. The molecule has 1 fully saturated rings. The fraction of sp³-hybridized carbons (Fsp3) is 0.684. The summed E-state index contributed by atoms with van der Waals surface area (Å²) in [6.07, 6.45) is 1.75. The molecule has 0 saturated carbocycles. The summed E-state index contributed by atoms with van der Waals surface area (Å²) in [6, 6.07) is 6.02. The van der Waals surface area contributed by atoms with Crippen LogP contribution in [0, 0.1) is 0 Å². The highest BCUT2D eigenvalue weighted by molar-refractivity contribution is 7.91. The smallest absolute Gasteiger partial charge is 0.240 e. The van der Waals surface area contributed by atoms with Crippen LogP contribution in [0.1, 0.15) is 19.8 Å². The summed E-state index contributed by atoms with van der Waals surface area (Å²) < 4.78 is 55.7. The lowest BCUT2D eigenvalue weighted by atomic mass is 10.2. The molecule has 10 heteroatoms. The molecule has 0 atom stereocenters. The maximum atomic E-state index is 12.4. The molecule has 0 bridgehead atoms. The first-order valence-corrected chi connectivity index (χ1v) is 13.4. The van der Waals surface area contributed by atoms with Crippen LogP contribution in [-0.2, 0) is 19.9 Å². The van der Waals surface area contributed by atoms with Gasteiger partial charge in [-0.25, -0.2) is 21.6 Å². The predicted octanol–water partition coefficient (Wildman–Crippen LogP) is 0.806. The maximum absolute atomic E-state index is 12.4. The van der Waals surface area contributed by atoms with Crippen LogP contribution in [0.3, 0.4) is 0 Å². The number of sulfone groups is 1. The Morgan fingerprint density at radius 1 is 1.00 bits per heavy atom. The van der Waals surface area contributed by atoms with Crippen molar-refractivity contribution in [1.29, 1.82) is 0 Å². The summed E-state index contributed by atoms with van der Waals surface area (Å²) >= 11 is 0. The molecule has 0 radical (unpaired) electrons. The predicted molar refractivity (Wildman–Crippen MR) is 115 cm³/mol. The van der Waals surface area contributed by atoms with Crippen LogP contribution in [0.5, 0.6) is 5.75 Å². The first-order valence-electron chi connectivity index (χ1n) is 10.1. The van der Waals surface area contributed by atoms with Gasteiger partial charge in [0, 0.05) is 38.5 Å². The van der Waals surface area contributed by atoms with E-state index >= 15 is 0 Å². The van der Waals surface area contributed by atoms with Crippen LogP contribution in [0.2, 0.25) is 0 Å². The molecular formula is C19H33N3O5S2. The van der Waals surface area contributed by atoms with Crippen LogP contribution in [-0.4, -0.2) is 91.1 Å². The lowest BCUT2D eigenvalue weighted by Gasteiger charge is -2.32. The third-order valence-electron chi connectivity index (χ3n) is 5.03. The number of piperazine rings is 1. The highest BCUT2D eigenvalue weighted by Gasteiger charge is 2.15. The zero-order valence-electron chi connectivity index (χ0n) is 17.3. The number of benzene rings is 1. The minimum absolute atomic E-state index is 0.0494. The molecule has 0 amide bonds. The van der Waals surface area contributed by atoms with Gasteiger partial charge in [0.25, 0.3) is 0 Å². The maximum Gasteiger partial charge on any atom is 0.240 e. The molecule has 1 aliphatic rings. The van der Waals surface area contributed by atoms with Gasteiger partial charge in [-0.2, -0.15) is 0 Å². The number of nitrogens with zero attached hydrogens (tertiary/aromatic N) is 2. The monoisotopic (exact) mass is 447 g/mol. The van der Waals surface area contributed by atoms with Gasteiger partial charge in [0.05, 0.1) is 10.6 Å². The molecule has 1 aromatic carbocycles. The standard InChI is InChI=1S/C19H33N3O5S2/c1-3-28(23,24)17-16-27-18-6-8-19(9-7-18)29(25,26)20-10-4-5-11-22-14-12-21(2)13-15-22/h6-9,20H,3-5,10-17H2,1-2H3. The average molecular weight is 448 g/mol. The highest BCUT2D eigenvalue weighted by Crippen LogP contribution is 2.16. The Hall–Kier alpha value is -1.20. The van der Waals surface area contributed by atoms with Crippen LogP contribution >= 0.6 is 0 Å². The fourth-order valence-electron chi connectivity index (χ4n) is 2.97. The Morgan fingerprint density at radius 2 is 1.66 bits per heavy atom. The minimum atomic E-state index is -3.56.